The van der Waals surface area contributed by atoms with Crippen molar-refractivity contribution in [1.29, 1.82) is 5.41 Å². The highest BCUT2D eigenvalue weighted by atomic mass is 16.5. The molecule has 3 aromatic rings. The van der Waals surface area contributed by atoms with Crippen molar-refractivity contribution >= 4 is 29.2 Å². The van der Waals surface area contributed by atoms with E-state index in [4.69, 9.17) is 25.8 Å². The highest BCUT2D eigenvalue weighted by Gasteiger charge is 2.23. The van der Waals surface area contributed by atoms with E-state index in [1.54, 1.807) is 0 Å². The minimum absolute atomic E-state index is 0.0446. The topological polar surface area (TPSA) is 126 Å². The van der Waals surface area contributed by atoms with E-state index >= 15 is 0 Å². The molecule has 8 nitrogen and oxygen atoms in total. The lowest BCUT2D eigenvalue weighted by Gasteiger charge is -2.27. The molecule has 1 saturated carbocycles. The average molecular weight is 541 g/mol. The van der Waals surface area contributed by atoms with Crippen LogP contribution in [0.3, 0.4) is 0 Å². The molecule has 2 aromatic carbocycles. The summed E-state index contributed by atoms with van der Waals surface area (Å²) >= 11 is 0. The van der Waals surface area contributed by atoms with Gasteiger partial charge in [0, 0.05) is 46.5 Å². The van der Waals surface area contributed by atoms with Gasteiger partial charge in [-0.1, -0.05) is 57.4 Å². The predicted molar refractivity (Wildman–Crippen MR) is 162 cm³/mol. The van der Waals surface area contributed by atoms with Crippen LogP contribution in [0.25, 0.3) is 17.0 Å². The number of nitrogens with two attached hydrogens (primary N) is 1. The Morgan fingerprint density at radius 2 is 1.95 bits per heavy atom. The number of carbonyl (C=O) groups excluding carboxylic acids is 1. The number of carbonyl (C=O) groups is 1. The second-order valence-electron chi connectivity index (χ2n) is 10.3. The van der Waals surface area contributed by atoms with Gasteiger partial charge in [0.05, 0.1) is 0 Å². The number of nitrogens with one attached hydrogen (secondary N) is 3. The first kappa shape index (κ1) is 28.8. The van der Waals surface area contributed by atoms with Crippen LogP contribution in [0.2, 0.25) is 0 Å². The van der Waals surface area contributed by atoms with Crippen LogP contribution in [0.5, 0.6) is 5.75 Å². The SMILES string of the molecule is CCc1nc(-c2cccc(OCC(=O)NC(C)CC)c2)nc(Nc2ccc(/C(C=N)=C/N)cc2)c1CC1CCC1. The van der Waals surface area contributed by atoms with Gasteiger partial charge in [-0.3, -0.25) is 4.79 Å². The molecule has 0 aliphatic heterocycles. The summed E-state index contributed by atoms with van der Waals surface area (Å²) in [6.45, 7) is 6.09. The van der Waals surface area contributed by atoms with Crippen molar-refractivity contribution in [1.82, 2.24) is 15.3 Å². The number of ether oxygens (including phenoxy) is 1. The van der Waals surface area contributed by atoms with Crippen molar-refractivity contribution in [2.45, 2.75) is 65.3 Å². The van der Waals surface area contributed by atoms with E-state index in [1.807, 2.05) is 62.4 Å². The Morgan fingerprint density at radius 3 is 2.58 bits per heavy atom. The summed E-state index contributed by atoms with van der Waals surface area (Å²) in [7, 11) is 0. The Labute approximate surface area is 237 Å². The fourth-order valence-electron chi connectivity index (χ4n) is 4.66. The van der Waals surface area contributed by atoms with Crippen molar-refractivity contribution in [3.8, 4) is 17.1 Å². The molecule has 0 saturated heterocycles. The molecule has 0 bridgehead atoms. The fraction of sp³-hybridized carbons (Fsp3) is 0.375. The predicted octanol–water partition coefficient (Wildman–Crippen LogP) is 6.03. The quantitative estimate of drug-likeness (QED) is 0.196. The molecule has 5 N–H and O–H groups in total. The Bertz CT molecular complexity index is 1350. The van der Waals surface area contributed by atoms with Gasteiger partial charge in [0.15, 0.2) is 12.4 Å². The lowest BCUT2D eigenvalue weighted by atomic mass is 9.80. The van der Waals surface area contributed by atoms with Gasteiger partial charge in [0.1, 0.15) is 11.6 Å². The highest BCUT2D eigenvalue weighted by molar-refractivity contribution is 6.08. The second kappa shape index (κ2) is 13.7. The van der Waals surface area contributed by atoms with Gasteiger partial charge in [0.2, 0.25) is 0 Å². The number of aryl methyl sites for hydroxylation is 1. The summed E-state index contributed by atoms with van der Waals surface area (Å²) in [6.07, 6.45) is 9.05. The molecule has 1 aliphatic carbocycles. The maximum atomic E-state index is 12.2. The first-order valence-corrected chi connectivity index (χ1v) is 14.2. The van der Waals surface area contributed by atoms with E-state index in [2.05, 4.69) is 17.6 Å². The normalized spacial score (nSPS) is 14.2. The van der Waals surface area contributed by atoms with Crippen LogP contribution in [0.4, 0.5) is 11.5 Å². The number of allylic oxidation sites excluding steroid dienone is 1. The number of hydrogen-bond acceptors (Lipinski definition) is 7. The molecule has 1 amide bonds. The Balaban J connectivity index is 1.63. The average Bonchev–Trinajstić information content (AvgIpc) is 2.95. The maximum Gasteiger partial charge on any atom is 0.258 e. The number of rotatable bonds is 13. The maximum absolute atomic E-state index is 12.2. The van der Waals surface area contributed by atoms with Crippen LogP contribution in [0.15, 0.2) is 54.7 Å². The summed E-state index contributed by atoms with van der Waals surface area (Å²) in [5, 5.41) is 14.0. The van der Waals surface area contributed by atoms with Gasteiger partial charge >= 0.3 is 0 Å². The molecule has 8 heteroatoms. The second-order valence-corrected chi connectivity index (χ2v) is 10.3. The Kier molecular flexibility index (Phi) is 9.89. The fourth-order valence-corrected chi connectivity index (χ4v) is 4.66. The number of aromatic nitrogens is 2. The molecule has 1 unspecified atom stereocenters. The molecule has 0 spiro atoms. The summed E-state index contributed by atoms with van der Waals surface area (Å²) in [5.74, 6) is 2.53. The van der Waals surface area contributed by atoms with Crippen LogP contribution >= 0.6 is 0 Å². The van der Waals surface area contributed by atoms with Crippen molar-refractivity contribution in [3.63, 3.8) is 0 Å². The standard InChI is InChI=1S/C32H40N6O2/c1-4-21(3)35-30(39)20-40-27-11-7-10-24(17-27)31-37-29(5-2)28(16-22-8-6-9-22)32(38-31)36-26-14-12-23(13-15-26)25(18-33)19-34/h7,10-15,17-19,21-22,33H,4-6,8-9,16,20,34H2,1-3H3,(H,35,39)(H,36,37,38)/b25-19+,33-18?. The first-order valence-electron chi connectivity index (χ1n) is 14.2. The largest absolute Gasteiger partial charge is 0.484 e. The number of amides is 1. The minimum Gasteiger partial charge on any atom is -0.484 e. The molecule has 1 fully saturated rings. The first-order chi connectivity index (χ1) is 19.4. The van der Waals surface area contributed by atoms with Crippen molar-refractivity contribution in [2.75, 3.05) is 11.9 Å². The molecule has 0 radical (unpaired) electrons. The van der Waals surface area contributed by atoms with Crippen LogP contribution in [-0.4, -0.2) is 34.7 Å². The summed E-state index contributed by atoms with van der Waals surface area (Å²) < 4.78 is 5.79. The van der Waals surface area contributed by atoms with Crippen LogP contribution < -0.4 is 21.1 Å². The summed E-state index contributed by atoms with van der Waals surface area (Å²) in [6, 6.07) is 15.5. The lowest BCUT2D eigenvalue weighted by Crippen LogP contribution is -2.35. The smallest absolute Gasteiger partial charge is 0.258 e. The van der Waals surface area contributed by atoms with E-state index in [-0.39, 0.29) is 18.6 Å². The zero-order valence-electron chi connectivity index (χ0n) is 23.7. The Morgan fingerprint density at radius 1 is 1.18 bits per heavy atom. The van der Waals surface area contributed by atoms with Crippen LogP contribution in [0, 0.1) is 11.3 Å². The third kappa shape index (κ3) is 7.25. The van der Waals surface area contributed by atoms with Gasteiger partial charge < -0.3 is 26.5 Å². The molecule has 1 atom stereocenters. The van der Waals surface area contributed by atoms with E-state index in [0.29, 0.717) is 23.1 Å². The van der Waals surface area contributed by atoms with Gasteiger partial charge in [0.25, 0.3) is 5.91 Å². The monoisotopic (exact) mass is 540 g/mol. The van der Waals surface area contributed by atoms with Crippen LogP contribution in [-0.2, 0) is 17.6 Å². The van der Waals surface area contributed by atoms with Gasteiger partial charge in [-0.25, -0.2) is 9.97 Å². The zero-order chi connectivity index (χ0) is 28.5. The van der Waals surface area contributed by atoms with Gasteiger partial charge in [-0.05, 0) is 61.9 Å². The highest BCUT2D eigenvalue weighted by Crippen LogP contribution is 2.35. The van der Waals surface area contributed by atoms with E-state index in [9.17, 15) is 4.79 Å². The lowest BCUT2D eigenvalue weighted by molar-refractivity contribution is -0.123. The summed E-state index contributed by atoms with van der Waals surface area (Å²) in [4.78, 5) is 22.2. The molecule has 1 heterocycles. The van der Waals surface area contributed by atoms with Gasteiger partial charge in [-0.15, -0.1) is 0 Å². The van der Waals surface area contributed by atoms with E-state index in [1.165, 1.54) is 31.7 Å². The van der Waals surface area contributed by atoms with Crippen LogP contribution in [0.1, 0.15) is 63.3 Å². The third-order valence-electron chi connectivity index (χ3n) is 7.44. The molecular weight excluding hydrogens is 500 g/mol. The molecule has 210 valence electrons. The van der Waals surface area contributed by atoms with Crippen molar-refractivity contribution in [3.05, 3.63) is 71.6 Å². The molecular formula is C32H40N6O2. The number of benzene rings is 2. The van der Waals surface area contributed by atoms with Crippen molar-refractivity contribution < 1.29 is 9.53 Å². The number of hydrogen-bond donors (Lipinski definition) is 4. The molecule has 1 aromatic heterocycles. The minimum atomic E-state index is -0.142. The molecule has 4 rings (SSSR count). The molecule has 1 aliphatic rings. The van der Waals surface area contributed by atoms with E-state index in [0.717, 1.165) is 53.2 Å². The number of nitrogens with zero attached hydrogens (tertiary/aromatic N) is 2. The number of anilines is 2. The van der Waals surface area contributed by atoms with Gasteiger partial charge in [-0.2, -0.15) is 0 Å². The Hall–Kier alpha value is -4.20. The zero-order valence-corrected chi connectivity index (χ0v) is 23.7. The van der Waals surface area contributed by atoms with Crippen molar-refractivity contribution in [2.24, 2.45) is 11.7 Å². The summed E-state index contributed by atoms with van der Waals surface area (Å²) in [5.41, 5.74) is 11.1. The van der Waals surface area contributed by atoms with E-state index < -0.39 is 0 Å². The third-order valence-corrected chi connectivity index (χ3v) is 7.44. The molecule has 40 heavy (non-hydrogen) atoms.